The van der Waals surface area contributed by atoms with Gasteiger partial charge < -0.3 is 19.7 Å². The molecule has 5 rings (SSSR count). The van der Waals surface area contributed by atoms with Gasteiger partial charge in [0.25, 0.3) is 11.8 Å². The number of aromatic amines is 1. The number of hydrogen-bond donors (Lipinski definition) is 2. The fourth-order valence-electron chi connectivity index (χ4n) is 5.29. The van der Waals surface area contributed by atoms with Crippen molar-refractivity contribution < 1.29 is 36.6 Å². The maximum atomic E-state index is 14.4. The van der Waals surface area contributed by atoms with E-state index in [4.69, 9.17) is 9.47 Å². The van der Waals surface area contributed by atoms with Crippen LogP contribution in [0.1, 0.15) is 52.0 Å². The van der Waals surface area contributed by atoms with Crippen LogP contribution in [0.15, 0.2) is 73.2 Å². The van der Waals surface area contributed by atoms with E-state index in [9.17, 15) is 27.2 Å². The van der Waals surface area contributed by atoms with Crippen molar-refractivity contribution in [3.63, 3.8) is 0 Å². The van der Waals surface area contributed by atoms with E-state index >= 15 is 0 Å². The lowest BCUT2D eigenvalue weighted by Crippen LogP contribution is -2.45. The molecule has 1 saturated heterocycles. The van der Waals surface area contributed by atoms with Gasteiger partial charge in [0.2, 0.25) is 5.91 Å². The van der Waals surface area contributed by atoms with Gasteiger partial charge in [0.1, 0.15) is 11.8 Å². The zero-order valence-electron chi connectivity index (χ0n) is 25.2. The number of nitrogens with zero attached hydrogens (tertiary/aromatic N) is 3. The van der Waals surface area contributed by atoms with Crippen LogP contribution in [-0.4, -0.2) is 58.3 Å². The SMILES string of the molecule is Cc1ccc(OC(F)F)c(C(C(=O)NCC2CCOC2)N(Cc2cncc(C(C)(F)F)c2)C(=O)c2ccc(-c3ccn[nH]3)cc2)c1. The Morgan fingerprint density at radius 3 is 2.57 bits per heavy atom. The number of H-pyrrole nitrogens is 1. The predicted octanol–water partition coefficient (Wildman–Crippen LogP) is 6.03. The Morgan fingerprint density at radius 2 is 1.91 bits per heavy atom. The summed E-state index contributed by atoms with van der Waals surface area (Å²) in [6, 6.07) is 12.3. The standard InChI is InChI=1S/C33H33F4N5O4/c1-20-3-8-28(46-32(34)35)26(13-20)29(30(43)39-16-21-10-12-45-19-21)42(18-22-14-25(17-38-15-22)33(2,36)37)31(44)24-6-4-23(5-7-24)27-9-11-40-41-27/h3-9,11,13-15,17,21,29,32H,10,12,16,18-19H2,1-2H3,(H,39,43)(H,40,41). The van der Waals surface area contributed by atoms with Crippen molar-refractivity contribution in [2.45, 2.75) is 45.4 Å². The molecule has 0 spiro atoms. The molecule has 9 nitrogen and oxygen atoms in total. The highest BCUT2D eigenvalue weighted by molar-refractivity contribution is 5.98. The van der Waals surface area contributed by atoms with Gasteiger partial charge in [0, 0.05) is 67.8 Å². The van der Waals surface area contributed by atoms with Crippen molar-refractivity contribution in [3.05, 3.63) is 101 Å². The van der Waals surface area contributed by atoms with E-state index in [-0.39, 0.29) is 47.0 Å². The van der Waals surface area contributed by atoms with Crippen LogP contribution in [0.5, 0.6) is 5.75 Å². The topological polar surface area (TPSA) is 109 Å². The molecule has 242 valence electrons. The summed E-state index contributed by atoms with van der Waals surface area (Å²) in [6.07, 6.45) is 4.63. The van der Waals surface area contributed by atoms with Crippen molar-refractivity contribution >= 4 is 11.8 Å². The molecule has 2 aromatic heterocycles. The van der Waals surface area contributed by atoms with Crippen LogP contribution >= 0.6 is 0 Å². The van der Waals surface area contributed by atoms with Gasteiger partial charge in [-0.2, -0.15) is 13.9 Å². The molecule has 2 unspecified atom stereocenters. The third kappa shape index (κ3) is 7.89. The molecule has 1 aliphatic heterocycles. The average molecular weight is 640 g/mol. The van der Waals surface area contributed by atoms with Gasteiger partial charge in [-0.15, -0.1) is 0 Å². The number of carbonyl (C=O) groups excluding carboxylic acids is 2. The molecule has 0 radical (unpaired) electrons. The lowest BCUT2D eigenvalue weighted by molar-refractivity contribution is -0.126. The van der Waals surface area contributed by atoms with E-state index in [1.807, 2.05) is 0 Å². The normalized spacial score (nSPS) is 15.5. The quantitative estimate of drug-likeness (QED) is 0.183. The lowest BCUT2D eigenvalue weighted by Gasteiger charge is -2.33. The van der Waals surface area contributed by atoms with Crippen LogP contribution < -0.4 is 10.1 Å². The van der Waals surface area contributed by atoms with Crippen molar-refractivity contribution in [1.29, 1.82) is 0 Å². The highest BCUT2D eigenvalue weighted by Crippen LogP contribution is 2.35. The summed E-state index contributed by atoms with van der Waals surface area (Å²) in [5.74, 6) is -4.83. The molecule has 2 atom stereocenters. The molecule has 1 aliphatic rings. The van der Waals surface area contributed by atoms with E-state index in [0.29, 0.717) is 30.9 Å². The molecule has 2 aromatic carbocycles. The van der Waals surface area contributed by atoms with Gasteiger partial charge in [-0.1, -0.05) is 23.8 Å². The molecular weight excluding hydrogens is 606 g/mol. The first kappa shape index (κ1) is 32.6. The van der Waals surface area contributed by atoms with Gasteiger partial charge in [0.15, 0.2) is 0 Å². The van der Waals surface area contributed by atoms with Gasteiger partial charge in [-0.05, 0) is 60.9 Å². The maximum absolute atomic E-state index is 14.4. The van der Waals surface area contributed by atoms with Gasteiger partial charge in [-0.3, -0.25) is 19.7 Å². The first-order valence-corrected chi connectivity index (χ1v) is 14.6. The molecule has 2 amide bonds. The first-order chi connectivity index (χ1) is 22.0. The largest absolute Gasteiger partial charge is 0.434 e. The number of aryl methyl sites for hydroxylation is 1. The third-order valence-corrected chi connectivity index (χ3v) is 7.68. The second kappa shape index (κ2) is 14.1. The Balaban J connectivity index is 1.61. The van der Waals surface area contributed by atoms with Crippen LogP contribution in [0, 0.1) is 12.8 Å². The fourth-order valence-corrected chi connectivity index (χ4v) is 5.29. The van der Waals surface area contributed by atoms with Crippen LogP contribution in [0.2, 0.25) is 0 Å². The third-order valence-electron chi connectivity index (χ3n) is 7.68. The Labute approximate surface area is 262 Å². The zero-order valence-corrected chi connectivity index (χ0v) is 25.2. The highest BCUT2D eigenvalue weighted by atomic mass is 19.3. The second-order valence-electron chi connectivity index (χ2n) is 11.2. The number of rotatable bonds is 12. The number of carbonyl (C=O) groups is 2. The summed E-state index contributed by atoms with van der Waals surface area (Å²) >= 11 is 0. The van der Waals surface area contributed by atoms with E-state index in [0.717, 1.165) is 23.6 Å². The van der Waals surface area contributed by atoms with Crippen LogP contribution in [-0.2, 0) is 22.0 Å². The van der Waals surface area contributed by atoms with Crippen molar-refractivity contribution in [1.82, 2.24) is 25.4 Å². The summed E-state index contributed by atoms with van der Waals surface area (Å²) in [6.45, 7) is 0.0478. The number of pyridine rings is 1. The van der Waals surface area contributed by atoms with Crippen molar-refractivity contribution in [2.24, 2.45) is 5.92 Å². The smallest absolute Gasteiger partial charge is 0.387 e. The molecule has 3 heterocycles. The number of halogens is 4. The monoisotopic (exact) mass is 639 g/mol. The van der Waals surface area contributed by atoms with Crippen molar-refractivity contribution in [3.8, 4) is 17.0 Å². The van der Waals surface area contributed by atoms with Crippen LogP contribution in [0.25, 0.3) is 11.3 Å². The predicted molar refractivity (Wildman–Crippen MR) is 160 cm³/mol. The van der Waals surface area contributed by atoms with E-state index in [1.165, 1.54) is 24.4 Å². The van der Waals surface area contributed by atoms with Gasteiger partial charge in [0.05, 0.1) is 12.3 Å². The molecule has 46 heavy (non-hydrogen) atoms. The number of hydrogen-bond acceptors (Lipinski definition) is 6. The van der Waals surface area contributed by atoms with Crippen molar-refractivity contribution in [2.75, 3.05) is 19.8 Å². The number of amides is 2. The number of nitrogens with one attached hydrogen (secondary N) is 2. The molecule has 0 saturated carbocycles. The highest BCUT2D eigenvalue weighted by Gasteiger charge is 2.36. The lowest BCUT2D eigenvalue weighted by atomic mass is 9.98. The number of benzene rings is 2. The molecule has 2 N–H and O–H groups in total. The Bertz CT molecular complexity index is 1640. The van der Waals surface area contributed by atoms with Crippen LogP contribution in [0.4, 0.5) is 17.6 Å². The summed E-state index contributed by atoms with van der Waals surface area (Å²) in [7, 11) is 0. The summed E-state index contributed by atoms with van der Waals surface area (Å²) in [5, 5.41) is 9.64. The molecular formula is C33H33F4N5O4. The summed E-state index contributed by atoms with van der Waals surface area (Å²) < 4.78 is 66.0. The molecule has 0 bridgehead atoms. The Hall–Kier alpha value is -4.78. The van der Waals surface area contributed by atoms with E-state index in [1.54, 1.807) is 49.5 Å². The minimum atomic E-state index is -3.23. The summed E-state index contributed by atoms with van der Waals surface area (Å²) in [5.41, 5.74) is 2.05. The number of ether oxygens (including phenoxy) is 2. The number of alkyl halides is 4. The van der Waals surface area contributed by atoms with E-state index < -0.39 is 30.4 Å². The zero-order chi connectivity index (χ0) is 32.8. The van der Waals surface area contributed by atoms with Crippen LogP contribution in [0.3, 0.4) is 0 Å². The Kier molecular flexibility index (Phi) is 10.0. The second-order valence-corrected chi connectivity index (χ2v) is 11.2. The fraction of sp³-hybridized carbons (Fsp3) is 0.333. The average Bonchev–Trinajstić information content (AvgIpc) is 3.76. The molecule has 0 aliphatic carbocycles. The van der Waals surface area contributed by atoms with E-state index in [2.05, 4.69) is 20.5 Å². The number of aromatic nitrogens is 3. The maximum Gasteiger partial charge on any atom is 0.387 e. The van der Waals surface area contributed by atoms with Gasteiger partial charge >= 0.3 is 6.61 Å². The minimum absolute atomic E-state index is 0.00726. The molecule has 13 heteroatoms. The Morgan fingerprint density at radius 1 is 1.13 bits per heavy atom. The molecule has 1 fully saturated rings. The first-order valence-electron chi connectivity index (χ1n) is 14.6. The molecule has 4 aromatic rings. The minimum Gasteiger partial charge on any atom is -0.434 e. The van der Waals surface area contributed by atoms with Gasteiger partial charge in [-0.25, -0.2) is 8.78 Å². The summed E-state index contributed by atoms with van der Waals surface area (Å²) in [4.78, 5) is 33.6.